The van der Waals surface area contributed by atoms with E-state index in [2.05, 4.69) is 4.98 Å². The first-order valence-corrected chi connectivity index (χ1v) is 6.06. The van der Waals surface area contributed by atoms with E-state index < -0.39 is 11.4 Å². The smallest absolute Gasteiger partial charge is 0.341 e. The fraction of sp³-hybridized carbons (Fsp3) is 0.0833. The summed E-state index contributed by atoms with van der Waals surface area (Å²) >= 11 is 1.34. The fourth-order valence-electron chi connectivity index (χ4n) is 2.04. The van der Waals surface area contributed by atoms with Crippen LogP contribution in [0.15, 0.2) is 28.6 Å². The van der Waals surface area contributed by atoms with Gasteiger partial charge in [0.05, 0.1) is 26.6 Å². The van der Waals surface area contributed by atoms with E-state index in [0.717, 1.165) is 4.70 Å². The number of aryl methyl sites for hydroxylation is 1. The molecule has 3 rings (SSSR count). The van der Waals surface area contributed by atoms with E-state index in [1.54, 1.807) is 23.2 Å². The van der Waals surface area contributed by atoms with Crippen LogP contribution in [0.3, 0.4) is 0 Å². The number of carboxylic acid groups (broad SMARTS) is 1. The minimum absolute atomic E-state index is 0.217. The van der Waals surface area contributed by atoms with Crippen molar-refractivity contribution in [1.82, 2.24) is 9.55 Å². The number of benzene rings is 1. The molecule has 0 fully saturated rings. The molecule has 0 saturated carbocycles. The van der Waals surface area contributed by atoms with Gasteiger partial charge in [0.25, 0.3) is 0 Å². The molecule has 0 aliphatic rings. The maximum absolute atomic E-state index is 12.2. The van der Waals surface area contributed by atoms with Crippen LogP contribution in [-0.2, 0) is 7.05 Å². The van der Waals surface area contributed by atoms with Crippen LogP contribution in [0, 0.1) is 0 Å². The minimum Gasteiger partial charge on any atom is -0.477 e. The molecular formula is C12H8N2O3S. The first-order valence-electron chi connectivity index (χ1n) is 5.18. The number of carboxylic acids is 1. The molecule has 0 aliphatic carbocycles. The van der Waals surface area contributed by atoms with Crippen molar-refractivity contribution in [1.29, 1.82) is 0 Å². The molecule has 5 nitrogen and oxygen atoms in total. The van der Waals surface area contributed by atoms with Crippen molar-refractivity contribution in [2.45, 2.75) is 0 Å². The van der Waals surface area contributed by atoms with Crippen molar-refractivity contribution in [2.75, 3.05) is 0 Å². The van der Waals surface area contributed by atoms with Gasteiger partial charge in [-0.25, -0.2) is 9.78 Å². The zero-order valence-corrected chi connectivity index (χ0v) is 10.2. The van der Waals surface area contributed by atoms with Crippen molar-refractivity contribution in [2.24, 2.45) is 7.05 Å². The summed E-state index contributed by atoms with van der Waals surface area (Å²) in [6.07, 6.45) is 1.35. The van der Waals surface area contributed by atoms with Gasteiger partial charge in [-0.1, -0.05) is 0 Å². The second kappa shape index (κ2) is 3.64. The molecule has 0 atom stereocenters. The molecular weight excluding hydrogens is 252 g/mol. The Labute approximate surface area is 105 Å². The van der Waals surface area contributed by atoms with E-state index in [1.165, 1.54) is 17.5 Å². The zero-order chi connectivity index (χ0) is 12.9. The van der Waals surface area contributed by atoms with Crippen LogP contribution in [-0.4, -0.2) is 20.6 Å². The van der Waals surface area contributed by atoms with Crippen molar-refractivity contribution in [3.05, 3.63) is 39.6 Å². The Morgan fingerprint density at radius 1 is 1.44 bits per heavy atom. The number of fused-ring (bicyclic) bond motifs is 3. The van der Waals surface area contributed by atoms with Gasteiger partial charge in [-0.15, -0.1) is 11.3 Å². The van der Waals surface area contributed by atoms with Crippen molar-refractivity contribution < 1.29 is 9.90 Å². The summed E-state index contributed by atoms with van der Waals surface area (Å²) in [6.45, 7) is 0. The molecule has 0 unspecified atom stereocenters. The molecule has 0 amide bonds. The van der Waals surface area contributed by atoms with Gasteiger partial charge in [-0.2, -0.15) is 0 Å². The van der Waals surface area contributed by atoms with Crippen LogP contribution in [0.25, 0.3) is 21.1 Å². The molecule has 1 N–H and O–H groups in total. The second-order valence-electron chi connectivity index (χ2n) is 3.95. The third-order valence-electron chi connectivity index (χ3n) is 2.88. The number of pyridine rings is 1. The molecule has 0 radical (unpaired) electrons. The van der Waals surface area contributed by atoms with Crippen molar-refractivity contribution >= 4 is 38.4 Å². The molecule has 0 saturated heterocycles. The number of thiazole rings is 1. The maximum Gasteiger partial charge on any atom is 0.341 e. The Morgan fingerprint density at radius 2 is 2.22 bits per heavy atom. The lowest BCUT2D eigenvalue weighted by Gasteiger charge is -2.07. The van der Waals surface area contributed by atoms with Gasteiger partial charge in [0, 0.05) is 13.2 Å². The highest BCUT2D eigenvalue weighted by Gasteiger charge is 2.16. The first kappa shape index (κ1) is 10.9. The average Bonchev–Trinajstić information content (AvgIpc) is 2.80. The fourth-order valence-corrected chi connectivity index (χ4v) is 2.87. The highest BCUT2D eigenvalue weighted by molar-refractivity contribution is 7.17. The average molecular weight is 260 g/mol. The van der Waals surface area contributed by atoms with E-state index in [9.17, 15) is 9.59 Å². The Bertz CT molecular complexity index is 848. The number of rotatable bonds is 1. The van der Waals surface area contributed by atoms with Crippen LogP contribution in [0.1, 0.15) is 10.4 Å². The summed E-state index contributed by atoms with van der Waals surface area (Å²) in [5.41, 5.74) is 2.40. The number of carbonyl (C=O) groups is 1. The van der Waals surface area contributed by atoms with Crippen molar-refractivity contribution in [3.63, 3.8) is 0 Å². The minimum atomic E-state index is -1.21. The van der Waals surface area contributed by atoms with Gasteiger partial charge in [0.15, 0.2) is 0 Å². The van der Waals surface area contributed by atoms with E-state index >= 15 is 0 Å². The molecule has 0 spiro atoms. The molecule has 0 aliphatic heterocycles. The lowest BCUT2D eigenvalue weighted by molar-refractivity contribution is 0.0695. The monoisotopic (exact) mass is 260 g/mol. The Morgan fingerprint density at radius 3 is 2.94 bits per heavy atom. The van der Waals surface area contributed by atoms with Gasteiger partial charge in [-0.3, -0.25) is 4.79 Å². The quantitative estimate of drug-likeness (QED) is 0.724. The van der Waals surface area contributed by atoms with Crippen LogP contribution in [0.2, 0.25) is 0 Å². The predicted octanol–water partition coefficient (Wildman–Crippen LogP) is 1.85. The normalized spacial score (nSPS) is 11.2. The molecule has 2 heterocycles. The van der Waals surface area contributed by atoms with Gasteiger partial charge in [0.1, 0.15) is 5.56 Å². The summed E-state index contributed by atoms with van der Waals surface area (Å²) in [7, 11) is 1.72. The summed E-state index contributed by atoms with van der Waals surface area (Å²) in [5.74, 6) is -1.21. The summed E-state index contributed by atoms with van der Waals surface area (Å²) in [4.78, 5) is 27.4. The van der Waals surface area contributed by atoms with Crippen LogP contribution < -0.4 is 5.43 Å². The standard InChI is InChI=1S/C12H8N2O3S/c1-14-4-6(12(16)17)10(15)9-8(14)3-2-7-11(9)18-5-13-7/h2-5H,1H3,(H,16,17). The molecule has 18 heavy (non-hydrogen) atoms. The second-order valence-corrected chi connectivity index (χ2v) is 4.80. The lowest BCUT2D eigenvalue weighted by atomic mass is 10.1. The predicted molar refractivity (Wildman–Crippen MR) is 69.3 cm³/mol. The molecule has 2 aromatic heterocycles. The number of aromatic nitrogens is 2. The van der Waals surface area contributed by atoms with Crippen molar-refractivity contribution in [3.8, 4) is 0 Å². The van der Waals surface area contributed by atoms with Gasteiger partial charge < -0.3 is 9.67 Å². The van der Waals surface area contributed by atoms with E-state index in [1.807, 2.05) is 6.07 Å². The Kier molecular flexibility index (Phi) is 2.21. The highest BCUT2D eigenvalue weighted by Crippen LogP contribution is 2.25. The highest BCUT2D eigenvalue weighted by atomic mass is 32.1. The summed E-state index contributed by atoms with van der Waals surface area (Å²) in [6, 6.07) is 3.61. The van der Waals surface area contributed by atoms with Gasteiger partial charge in [0.2, 0.25) is 5.43 Å². The molecule has 1 aromatic carbocycles. The van der Waals surface area contributed by atoms with Crippen LogP contribution >= 0.6 is 11.3 Å². The number of hydrogen-bond donors (Lipinski definition) is 1. The Hall–Kier alpha value is -2.21. The summed E-state index contributed by atoms with van der Waals surface area (Å²) < 4.78 is 2.38. The molecule has 0 bridgehead atoms. The first-order chi connectivity index (χ1) is 8.59. The molecule has 3 aromatic rings. The molecule has 6 heteroatoms. The lowest BCUT2D eigenvalue weighted by Crippen LogP contribution is -2.17. The zero-order valence-electron chi connectivity index (χ0n) is 9.38. The topological polar surface area (TPSA) is 72.2 Å². The SMILES string of the molecule is Cn1cc(C(=O)O)c(=O)c2c3scnc3ccc21. The maximum atomic E-state index is 12.2. The van der Waals surface area contributed by atoms with Crippen LogP contribution in [0.4, 0.5) is 0 Å². The number of nitrogens with zero attached hydrogens (tertiary/aromatic N) is 2. The van der Waals surface area contributed by atoms with E-state index in [-0.39, 0.29) is 5.56 Å². The summed E-state index contributed by atoms with van der Waals surface area (Å²) in [5, 5.41) is 9.47. The third kappa shape index (κ3) is 1.36. The third-order valence-corrected chi connectivity index (χ3v) is 3.74. The van der Waals surface area contributed by atoms with E-state index in [0.29, 0.717) is 16.4 Å². The Balaban J connectivity index is 2.65. The number of hydrogen-bond acceptors (Lipinski definition) is 4. The largest absolute Gasteiger partial charge is 0.477 e. The van der Waals surface area contributed by atoms with Crippen LogP contribution in [0.5, 0.6) is 0 Å². The van der Waals surface area contributed by atoms with E-state index in [4.69, 9.17) is 5.11 Å². The van der Waals surface area contributed by atoms with Gasteiger partial charge in [-0.05, 0) is 12.1 Å². The van der Waals surface area contributed by atoms with Gasteiger partial charge >= 0.3 is 5.97 Å². The molecule has 90 valence electrons. The number of aromatic carboxylic acids is 1.